The van der Waals surface area contributed by atoms with Gasteiger partial charge in [-0.15, -0.1) is 0 Å². The summed E-state index contributed by atoms with van der Waals surface area (Å²) in [6, 6.07) is 1.78. The van der Waals surface area contributed by atoms with Crippen LogP contribution in [-0.4, -0.2) is 29.6 Å². The molecule has 1 N–H and O–H groups in total. The molecular weight excluding hydrogens is 280 g/mol. The number of nitrogens with one attached hydrogen (secondary N) is 1. The van der Waals surface area contributed by atoms with Gasteiger partial charge in [0.15, 0.2) is 0 Å². The molecule has 0 fully saturated rings. The average molecular weight is 310 g/mol. The highest BCUT2D eigenvalue weighted by Gasteiger charge is 2.26. The second-order valence-electron chi connectivity index (χ2n) is 4.89. The van der Waals surface area contributed by atoms with Gasteiger partial charge in [0.05, 0.1) is 19.1 Å². The zero-order valence-corrected chi connectivity index (χ0v) is 14.7. The molecule has 0 saturated heterocycles. The molecule has 0 saturated carbocycles. The van der Waals surface area contributed by atoms with E-state index in [0.29, 0.717) is 18.8 Å². The molecule has 2 rings (SSSR count). The fraction of sp³-hybridized carbons (Fsp3) is 0.647. The standard InChI is InChI=1S/C12H16N2O3.C3H8.C2H6/c1-3-17-11(15)5-9-6-13-12(16)10-4-8(2)7-14(9)10;1-3-2;1-2/h4,7,9H,3,5-6H2,1-2H3,(H,13,16);3H2,1-2H3;1-2H3. The van der Waals surface area contributed by atoms with Crippen molar-refractivity contribution in [3.63, 3.8) is 0 Å². The van der Waals surface area contributed by atoms with E-state index >= 15 is 0 Å². The molecule has 0 aliphatic carbocycles. The smallest absolute Gasteiger partial charge is 0.307 e. The van der Waals surface area contributed by atoms with Gasteiger partial charge in [0.2, 0.25) is 0 Å². The molecule has 5 nitrogen and oxygen atoms in total. The number of amides is 1. The summed E-state index contributed by atoms with van der Waals surface area (Å²) in [7, 11) is 0. The number of carbonyl (C=O) groups is 2. The Morgan fingerprint density at radius 1 is 1.36 bits per heavy atom. The number of aryl methyl sites for hydroxylation is 1. The second-order valence-corrected chi connectivity index (χ2v) is 4.89. The molecule has 1 aromatic heterocycles. The molecule has 1 amide bonds. The van der Waals surface area contributed by atoms with Crippen LogP contribution < -0.4 is 5.32 Å². The summed E-state index contributed by atoms with van der Waals surface area (Å²) >= 11 is 0. The third-order valence-electron chi connectivity index (χ3n) is 2.82. The number of rotatable bonds is 3. The van der Waals surface area contributed by atoms with E-state index in [4.69, 9.17) is 4.74 Å². The van der Waals surface area contributed by atoms with Crippen LogP contribution in [0, 0.1) is 6.92 Å². The lowest BCUT2D eigenvalue weighted by Gasteiger charge is -2.25. The fourth-order valence-electron chi connectivity index (χ4n) is 2.08. The van der Waals surface area contributed by atoms with Crippen molar-refractivity contribution < 1.29 is 14.3 Å². The summed E-state index contributed by atoms with van der Waals surface area (Å²) in [5.74, 6) is -0.316. The summed E-state index contributed by atoms with van der Waals surface area (Å²) < 4.78 is 6.79. The highest BCUT2D eigenvalue weighted by atomic mass is 16.5. The highest BCUT2D eigenvalue weighted by Crippen LogP contribution is 2.21. The SMILES string of the molecule is CC.CCC.CCOC(=O)CC1CNC(=O)c2cc(C)cn21. The number of ether oxygens (including phenoxy) is 1. The van der Waals surface area contributed by atoms with Crippen LogP contribution >= 0.6 is 0 Å². The maximum absolute atomic E-state index is 11.6. The molecule has 1 aliphatic heterocycles. The number of hydrogen-bond acceptors (Lipinski definition) is 3. The van der Waals surface area contributed by atoms with Crippen molar-refractivity contribution in [2.24, 2.45) is 0 Å². The summed E-state index contributed by atoms with van der Waals surface area (Å²) in [4.78, 5) is 23.1. The number of fused-ring (bicyclic) bond motifs is 1. The van der Waals surface area contributed by atoms with Crippen LogP contribution in [-0.2, 0) is 9.53 Å². The van der Waals surface area contributed by atoms with Crippen molar-refractivity contribution in [2.45, 2.75) is 60.4 Å². The molecule has 22 heavy (non-hydrogen) atoms. The van der Waals surface area contributed by atoms with Crippen LogP contribution in [0.2, 0.25) is 0 Å². The van der Waals surface area contributed by atoms with Crippen LogP contribution in [0.1, 0.15) is 69.6 Å². The Labute approximate surface area is 134 Å². The van der Waals surface area contributed by atoms with Gasteiger partial charge in [0.1, 0.15) is 5.69 Å². The van der Waals surface area contributed by atoms with Gasteiger partial charge >= 0.3 is 5.97 Å². The highest BCUT2D eigenvalue weighted by molar-refractivity contribution is 5.94. The minimum atomic E-state index is -0.231. The molecular formula is C17H30N2O3. The number of esters is 1. The van der Waals surface area contributed by atoms with Crippen LogP contribution in [0.15, 0.2) is 12.3 Å². The van der Waals surface area contributed by atoms with Crippen molar-refractivity contribution in [3.05, 3.63) is 23.5 Å². The maximum atomic E-state index is 11.6. The van der Waals surface area contributed by atoms with Crippen molar-refractivity contribution in [2.75, 3.05) is 13.2 Å². The van der Waals surface area contributed by atoms with Crippen LogP contribution in [0.25, 0.3) is 0 Å². The third-order valence-corrected chi connectivity index (χ3v) is 2.82. The Balaban J connectivity index is 0.000000789. The normalized spacial score (nSPS) is 15.4. The van der Waals surface area contributed by atoms with Crippen LogP contribution in [0.5, 0.6) is 0 Å². The molecule has 126 valence electrons. The molecule has 1 atom stereocenters. The van der Waals surface area contributed by atoms with Crippen molar-refractivity contribution in [1.29, 1.82) is 0 Å². The predicted molar refractivity (Wildman–Crippen MR) is 89.1 cm³/mol. The quantitative estimate of drug-likeness (QED) is 0.870. The summed E-state index contributed by atoms with van der Waals surface area (Å²) in [6.45, 7) is 12.8. The fourth-order valence-corrected chi connectivity index (χ4v) is 2.08. The summed E-state index contributed by atoms with van der Waals surface area (Å²) in [6.07, 6.45) is 3.44. The van der Waals surface area contributed by atoms with Crippen molar-refractivity contribution in [3.8, 4) is 0 Å². The molecule has 0 spiro atoms. The molecule has 0 radical (unpaired) electrons. The van der Waals surface area contributed by atoms with E-state index in [1.54, 1.807) is 6.92 Å². The summed E-state index contributed by atoms with van der Waals surface area (Å²) in [5, 5.41) is 2.78. The molecule has 1 unspecified atom stereocenters. The summed E-state index contributed by atoms with van der Waals surface area (Å²) in [5.41, 5.74) is 1.63. The van der Waals surface area contributed by atoms with E-state index in [1.807, 2.05) is 37.6 Å². The zero-order valence-electron chi connectivity index (χ0n) is 14.7. The molecule has 0 aromatic carbocycles. The topological polar surface area (TPSA) is 60.3 Å². The molecule has 1 aliphatic rings. The minimum Gasteiger partial charge on any atom is -0.466 e. The molecule has 5 heteroatoms. The average Bonchev–Trinajstić information content (AvgIpc) is 2.88. The van der Waals surface area contributed by atoms with Crippen molar-refractivity contribution >= 4 is 11.9 Å². The lowest BCUT2D eigenvalue weighted by atomic mass is 10.1. The van der Waals surface area contributed by atoms with E-state index in [9.17, 15) is 9.59 Å². The van der Waals surface area contributed by atoms with Gasteiger partial charge in [-0.05, 0) is 25.5 Å². The lowest BCUT2D eigenvalue weighted by Crippen LogP contribution is -2.39. The van der Waals surface area contributed by atoms with E-state index in [1.165, 1.54) is 6.42 Å². The monoisotopic (exact) mass is 310 g/mol. The Hall–Kier alpha value is -1.78. The Kier molecular flexibility index (Phi) is 10.00. The Morgan fingerprint density at radius 2 is 1.95 bits per heavy atom. The third kappa shape index (κ3) is 5.92. The van der Waals surface area contributed by atoms with Gasteiger partial charge in [0, 0.05) is 12.7 Å². The number of hydrogen-bond donors (Lipinski definition) is 1. The largest absolute Gasteiger partial charge is 0.466 e. The molecule has 1 aromatic rings. The first-order chi connectivity index (χ1) is 10.5. The predicted octanol–water partition coefficient (Wildman–Crippen LogP) is 3.48. The van der Waals surface area contributed by atoms with Gasteiger partial charge in [-0.3, -0.25) is 9.59 Å². The van der Waals surface area contributed by atoms with E-state index in [0.717, 1.165) is 5.56 Å². The second kappa shape index (κ2) is 10.9. The Morgan fingerprint density at radius 3 is 2.50 bits per heavy atom. The van der Waals surface area contributed by atoms with Crippen LogP contribution in [0.3, 0.4) is 0 Å². The number of aromatic nitrogens is 1. The maximum Gasteiger partial charge on any atom is 0.307 e. The lowest BCUT2D eigenvalue weighted by molar-refractivity contribution is -0.144. The van der Waals surface area contributed by atoms with E-state index in [-0.39, 0.29) is 24.3 Å². The van der Waals surface area contributed by atoms with Gasteiger partial charge in [-0.1, -0.05) is 34.1 Å². The van der Waals surface area contributed by atoms with E-state index < -0.39 is 0 Å². The van der Waals surface area contributed by atoms with Gasteiger partial charge in [0.25, 0.3) is 5.91 Å². The first-order valence-electron chi connectivity index (χ1n) is 8.15. The minimum absolute atomic E-state index is 0.0459. The van der Waals surface area contributed by atoms with E-state index in [2.05, 4.69) is 19.2 Å². The number of nitrogens with zero attached hydrogens (tertiary/aromatic N) is 1. The zero-order chi connectivity index (χ0) is 17.1. The van der Waals surface area contributed by atoms with Crippen LogP contribution in [0.4, 0.5) is 0 Å². The molecule has 0 bridgehead atoms. The molecule has 2 heterocycles. The number of carbonyl (C=O) groups excluding carboxylic acids is 2. The van der Waals surface area contributed by atoms with Gasteiger partial charge in [-0.25, -0.2) is 0 Å². The first-order valence-corrected chi connectivity index (χ1v) is 8.15. The van der Waals surface area contributed by atoms with Gasteiger partial charge in [-0.2, -0.15) is 0 Å². The Bertz CT molecular complexity index is 466. The van der Waals surface area contributed by atoms with Gasteiger partial charge < -0.3 is 14.6 Å². The van der Waals surface area contributed by atoms with Crippen molar-refractivity contribution in [1.82, 2.24) is 9.88 Å². The first kappa shape index (κ1) is 20.2.